The summed E-state index contributed by atoms with van der Waals surface area (Å²) < 4.78 is -0.427. The summed E-state index contributed by atoms with van der Waals surface area (Å²) >= 11 is 1.68. The summed E-state index contributed by atoms with van der Waals surface area (Å²) in [5, 5.41) is 13.9. The van der Waals surface area contributed by atoms with Crippen LogP contribution < -0.4 is 4.65 Å². The maximum Gasteiger partial charge on any atom is 0.152 e. The maximum atomic E-state index is 13.9. The van der Waals surface area contributed by atoms with Crippen LogP contribution >= 0.6 is 11.8 Å². The van der Waals surface area contributed by atoms with Gasteiger partial charge in [0, 0.05) is 17.7 Å². The number of para-hydroxylation sites is 2. The monoisotopic (exact) mass is 305 g/mol. The molecule has 3 aromatic rings. The van der Waals surface area contributed by atoms with E-state index in [0.29, 0.717) is 6.54 Å². The summed E-state index contributed by atoms with van der Waals surface area (Å²) in [4.78, 5) is 2.10. The van der Waals surface area contributed by atoms with Crippen LogP contribution in [0, 0.1) is 5.21 Å². The Kier molecular flexibility index (Phi) is 3.26. The smallest absolute Gasteiger partial charge is 0.152 e. The molecule has 1 aliphatic rings. The fraction of sp³-hybridized carbons (Fsp3) is 0.0526. The zero-order chi connectivity index (χ0) is 15.0. The number of fused-ring (bicyclic) bond motifs is 2. The third-order valence-electron chi connectivity index (χ3n) is 3.98. The first kappa shape index (κ1) is 13.6. The Morgan fingerprint density at radius 3 is 1.77 bits per heavy atom. The summed E-state index contributed by atoms with van der Waals surface area (Å²) in [6, 6.07) is 25.8. The van der Waals surface area contributed by atoms with Gasteiger partial charge < -0.3 is 5.21 Å². The lowest BCUT2D eigenvalue weighted by molar-refractivity contribution is 0.482. The van der Waals surface area contributed by atoms with Gasteiger partial charge in [0.1, 0.15) is 6.54 Å². The molecule has 0 saturated carbocycles. The van der Waals surface area contributed by atoms with Crippen LogP contribution in [0.15, 0.2) is 88.7 Å². The molecule has 4 rings (SSSR count). The van der Waals surface area contributed by atoms with E-state index in [1.54, 1.807) is 11.8 Å². The minimum Gasteiger partial charge on any atom is -0.622 e. The SMILES string of the molecule is [O-][N+]1(Cc2ccccc2)c2ccccc2Sc2ccccc21. The van der Waals surface area contributed by atoms with Crippen molar-refractivity contribution in [1.82, 2.24) is 4.65 Å². The molecule has 0 N–H and O–H groups in total. The van der Waals surface area contributed by atoms with E-state index in [4.69, 9.17) is 0 Å². The van der Waals surface area contributed by atoms with E-state index in [9.17, 15) is 5.21 Å². The molecule has 0 fully saturated rings. The Balaban J connectivity index is 1.90. The lowest BCUT2D eigenvalue weighted by Gasteiger charge is -2.45. The minimum atomic E-state index is -0.427. The number of rotatable bonds is 2. The molecular weight excluding hydrogens is 290 g/mol. The van der Waals surface area contributed by atoms with Crippen LogP contribution in [0.1, 0.15) is 5.56 Å². The second-order valence-corrected chi connectivity index (χ2v) is 6.50. The lowest BCUT2D eigenvalue weighted by atomic mass is 10.1. The van der Waals surface area contributed by atoms with Crippen molar-refractivity contribution in [2.24, 2.45) is 0 Å². The molecule has 2 nitrogen and oxygen atoms in total. The van der Waals surface area contributed by atoms with Gasteiger partial charge in [-0.2, -0.15) is 0 Å². The molecule has 3 aromatic carbocycles. The Hall–Kier alpha value is -2.07. The summed E-state index contributed by atoms with van der Waals surface area (Å²) in [6.45, 7) is 0.412. The van der Waals surface area contributed by atoms with Gasteiger partial charge in [-0.3, -0.25) is 4.65 Å². The molecule has 0 radical (unpaired) electrons. The van der Waals surface area contributed by atoms with E-state index in [2.05, 4.69) is 0 Å². The van der Waals surface area contributed by atoms with E-state index in [1.165, 1.54) is 0 Å². The highest BCUT2D eigenvalue weighted by Crippen LogP contribution is 2.52. The van der Waals surface area contributed by atoms with Crippen molar-refractivity contribution in [3.8, 4) is 0 Å². The van der Waals surface area contributed by atoms with E-state index < -0.39 is 4.65 Å². The van der Waals surface area contributed by atoms with Crippen LogP contribution in [-0.4, -0.2) is 0 Å². The first-order valence-corrected chi connectivity index (χ1v) is 8.09. The van der Waals surface area contributed by atoms with Gasteiger partial charge in [0.2, 0.25) is 0 Å². The second-order valence-electron chi connectivity index (χ2n) is 5.42. The zero-order valence-corrected chi connectivity index (χ0v) is 12.8. The highest BCUT2D eigenvalue weighted by molar-refractivity contribution is 7.99. The molecule has 108 valence electrons. The lowest BCUT2D eigenvalue weighted by Crippen LogP contribution is -2.38. The molecule has 3 heteroatoms. The summed E-state index contributed by atoms with van der Waals surface area (Å²) in [5.74, 6) is 0. The second kappa shape index (κ2) is 5.29. The topological polar surface area (TPSA) is 23.1 Å². The maximum absolute atomic E-state index is 13.9. The van der Waals surface area contributed by atoms with Gasteiger partial charge in [-0.15, -0.1) is 0 Å². The first-order valence-electron chi connectivity index (χ1n) is 7.27. The van der Waals surface area contributed by atoms with E-state index in [0.717, 1.165) is 26.7 Å². The van der Waals surface area contributed by atoms with Crippen molar-refractivity contribution in [3.05, 3.63) is 89.6 Å². The summed E-state index contributed by atoms with van der Waals surface area (Å²) in [7, 11) is 0. The molecule has 0 amide bonds. The number of hydrogen-bond acceptors (Lipinski definition) is 2. The standard InChI is InChI=1S/C19H15NOS/c21-20(14-15-8-2-1-3-9-15)16-10-4-6-12-18(16)22-19-13-7-5-11-17(19)20/h1-13H,14H2. The zero-order valence-electron chi connectivity index (χ0n) is 12.0. The van der Waals surface area contributed by atoms with Crippen LogP contribution in [0.25, 0.3) is 0 Å². The van der Waals surface area contributed by atoms with Crippen molar-refractivity contribution in [1.29, 1.82) is 0 Å². The van der Waals surface area contributed by atoms with Gasteiger partial charge in [0.05, 0.1) is 9.79 Å². The molecule has 0 bridgehead atoms. The Labute approximate surface area is 134 Å². The van der Waals surface area contributed by atoms with Crippen LogP contribution in [0.3, 0.4) is 0 Å². The largest absolute Gasteiger partial charge is 0.622 e. The van der Waals surface area contributed by atoms with Crippen LogP contribution in [0.4, 0.5) is 11.4 Å². The molecule has 0 aromatic heterocycles. The van der Waals surface area contributed by atoms with E-state index >= 15 is 0 Å². The molecule has 0 aliphatic carbocycles. The minimum absolute atomic E-state index is 0.412. The van der Waals surface area contributed by atoms with Gasteiger partial charge in [0.15, 0.2) is 11.4 Å². The van der Waals surface area contributed by atoms with Gasteiger partial charge >= 0.3 is 0 Å². The van der Waals surface area contributed by atoms with Crippen molar-refractivity contribution in [2.45, 2.75) is 16.3 Å². The predicted molar refractivity (Wildman–Crippen MR) is 92.0 cm³/mol. The highest BCUT2D eigenvalue weighted by Gasteiger charge is 2.34. The number of benzene rings is 3. The molecular formula is C19H15NOS. The quantitative estimate of drug-likeness (QED) is 0.461. The number of quaternary nitrogens is 1. The number of hydrogen-bond donors (Lipinski definition) is 0. The number of hydroxylamine groups is 1. The Morgan fingerprint density at radius 1 is 0.682 bits per heavy atom. The van der Waals surface area contributed by atoms with Crippen LogP contribution in [-0.2, 0) is 6.54 Å². The predicted octanol–water partition coefficient (Wildman–Crippen LogP) is 5.49. The summed E-state index contributed by atoms with van der Waals surface area (Å²) in [5.41, 5.74) is 2.71. The fourth-order valence-corrected chi connectivity index (χ4v) is 4.11. The van der Waals surface area contributed by atoms with Crippen molar-refractivity contribution in [2.75, 3.05) is 0 Å². The van der Waals surface area contributed by atoms with E-state index in [1.807, 2.05) is 78.9 Å². The Bertz CT molecular complexity index is 771. The van der Waals surface area contributed by atoms with Crippen LogP contribution in [0.2, 0.25) is 0 Å². The molecule has 0 atom stereocenters. The number of nitrogens with zero attached hydrogens (tertiary/aromatic N) is 1. The van der Waals surface area contributed by atoms with Gasteiger partial charge in [0.25, 0.3) is 0 Å². The van der Waals surface area contributed by atoms with Gasteiger partial charge in [-0.1, -0.05) is 66.4 Å². The van der Waals surface area contributed by atoms with E-state index in [-0.39, 0.29) is 0 Å². The molecule has 0 saturated heterocycles. The molecule has 1 heterocycles. The van der Waals surface area contributed by atoms with Gasteiger partial charge in [-0.05, 0) is 12.1 Å². The fourth-order valence-electron chi connectivity index (χ4n) is 2.94. The third-order valence-corrected chi connectivity index (χ3v) is 5.11. The third kappa shape index (κ3) is 2.15. The summed E-state index contributed by atoms with van der Waals surface area (Å²) in [6.07, 6.45) is 0. The highest BCUT2D eigenvalue weighted by atomic mass is 32.2. The molecule has 1 aliphatic heterocycles. The first-order chi connectivity index (χ1) is 10.8. The van der Waals surface area contributed by atoms with Crippen LogP contribution in [0.5, 0.6) is 0 Å². The Morgan fingerprint density at radius 2 is 1.18 bits per heavy atom. The molecule has 22 heavy (non-hydrogen) atoms. The molecule has 0 unspecified atom stereocenters. The average molecular weight is 305 g/mol. The molecule has 0 spiro atoms. The van der Waals surface area contributed by atoms with Crippen molar-refractivity contribution in [3.63, 3.8) is 0 Å². The van der Waals surface area contributed by atoms with Gasteiger partial charge in [-0.25, -0.2) is 0 Å². The average Bonchev–Trinajstić information content (AvgIpc) is 2.56. The normalized spacial score (nSPS) is 15.0. The van der Waals surface area contributed by atoms with Crippen molar-refractivity contribution >= 4 is 23.1 Å². The van der Waals surface area contributed by atoms with Crippen molar-refractivity contribution < 1.29 is 0 Å².